The maximum atomic E-state index is 5.95. The van der Waals surface area contributed by atoms with E-state index < -0.39 is 0 Å². The van der Waals surface area contributed by atoms with Crippen LogP contribution in [0.5, 0.6) is 0 Å². The molecule has 0 unspecified atom stereocenters. The summed E-state index contributed by atoms with van der Waals surface area (Å²) >= 11 is 6.89. The van der Waals surface area contributed by atoms with Gasteiger partial charge in [0.1, 0.15) is 0 Å². The van der Waals surface area contributed by atoms with Crippen LogP contribution >= 0.6 is 44.3 Å². The molecule has 0 radical (unpaired) electrons. The second-order valence-electron chi connectivity index (χ2n) is 3.19. The number of benzene rings is 1. The largest absolute Gasteiger partial charge is 0.398 e. The van der Waals surface area contributed by atoms with Crippen molar-refractivity contribution in [2.75, 3.05) is 12.3 Å². The maximum Gasteiger partial charge on any atom is 0.0507 e. The molecule has 2 nitrogen and oxygen atoms in total. The first-order valence-corrected chi connectivity index (χ1v) is 5.75. The molecule has 5 heteroatoms. The van der Waals surface area contributed by atoms with E-state index in [2.05, 4.69) is 43.2 Å². The van der Waals surface area contributed by atoms with Gasteiger partial charge >= 0.3 is 0 Å². The second-order valence-corrected chi connectivity index (χ2v) is 4.96. The Morgan fingerprint density at radius 1 is 1.36 bits per heavy atom. The van der Waals surface area contributed by atoms with Gasteiger partial charge < -0.3 is 11.1 Å². The molecule has 0 amide bonds. The maximum absolute atomic E-state index is 5.95. The number of nitrogens with one attached hydrogen (secondary N) is 1. The van der Waals surface area contributed by atoms with Gasteiger partial charge in [-0.05, 0) is 46.6 Å². The van der Waals surface area contributed by atoms with E-state index in [0.29, 0.717) is 6.04 Å². The van der Waals surface area contributed by atoms with Crippen molar-refractivity contribution in [2.45, 2.75) is 12.5 Å². The van der Waals surface area contributed by atoms with Crippen molar-refractivity contribution in [1.82, 2.24) is 5.32 Å². The molecule has 1 aromatic carbocycles. The number of hydrogen-bond acceptors (Lipinski definition) is 2. The molecular formula is C9H11Br2ClN2. The van der Waals surface area contributed by atoms with Crippen LogP contribution in [0.3, 0.4) is 0 Å². The fourth-order valence-electron chi connectivity index (χ4n) is 1.45. The van der Waals surface area contributed by atoms with Crippen molar-refractivity contribution in [1.29, 1.82) is 0 Å². The van der Waals surface area contributed by atoms with Crippen LogP contribution in [-0.2, 0) is 0 Å². The van der Waals surface area contributed by atoms with E-state index in [4.69, 9.17) is 5.73 Å². The quantitative estimate of drug-likeness (QED) is 0.769. The topological polar surface area (TPSA) is 38.0 Å². The van der Waals surface area contributed by atoms with E-state index in [9.17, 15) is 0 Å². The van der Waals surface area contributed by atoms with Crippen molar-refractivity contribution >= 4 is 50.0 Å². The lowest BCUT2D eigenvalue weighted by molar-refractivity contribution is 0.384. The van der Waals surface area contributed by atoms with Crippen LogP contribution in [0.2, 0.25) is 0 Å². The summed E-state index contributed by atoms with van der Waals surface area (Å²) in [6.45, 7) is 1.09. The number of anilines is 1. The summed E-state index contributed by atoms with van der Waals surface area (Å²) in [7, 11) is 0. The first-order valence-electron chi connectivity index (χ1n) is 4.16. The van der Waals surface area contributed by atoms with Gasteiger partial charge in [-0.25, -0.2) is 0 Å². The zero-order chi connectivity index (χ0) is 9.42. The van der Waals surface area contributed by atoms with Gasteiger partial charge in [-0.2, -0.15) is 0 Å². The average molecular weight is 342 g/mol. The summed E-state index contributed by atoms with van der Waals surface area (Å²) in [4.78, 5) is 0. The number of nitrogens with two attached hydrogens (primary N) is 1. The van der Waals surface area contributed by atoms with E-state index in [-0.39, 0.29) is 12.4 Å². The van der Waals surface area contributed by atoms with Crippen molar-refractivity contribution in [3.05, 3.63) is 26.6 Å². The van der Waals surface area contributed by atoms with Crippen LogP contribution < -0.4 is 11.1 Å². The fraction of sp³-hybridized carbons (Fsp3) is 0.333. The highest BCUT2D eigenvalue weighted by Gasteiger charge is 2.21. The van der Waals surface area contributed by atoms with Crippen molar-refractivity contribution in [3.8, 4) is 0 Å². The van der Waals surface area contributed by atoms with Crippen molar-refractivity contribution < 1.29 is 0 Å². The van der Waals surface area contributed by atoms with Gasteiger partial charge in [0.2, 0.25) is 0 Å². The van der Waals surface area contributed by atoms with Gasteiger partial charge in [-0.15, -0.1) is 12.4 Å². The highest BCUT2D eigenvalue weighted by Crippen LogP contribution is 2.35. The minimum atomic E-state index is 0. The van der Waals surface area contributed by atoms with Crippen molar-refractivity contribution in [2.24, 2.45) is 0 Å². The van der Waals surface area contributed by atoms with E-state index in [1.807, 2.05) is 6.07 Å². The molecule has 0 aromatic heterocycles. The molecule has 0 aliphatic carbocycles. The third-order valence-corrected chi connectivity index (χ3v) is 3.44. The molecule has 14 heavy (non-hydrogen) atoms. The third-order valence-electron chi connectivity index (χ3n) is 2.33. The molecule has 1 aliphatic heterocycles. The lowest BCUT2D eigenvalue weighted by Gasteiger charge is -2.29. The fourth-order valence-corrected chi connectivity index (χ4v) is 2.71. The predicted octanol–water partition coefficient (Wildman–Crippen LogP) is 3.25. The van der Waals surface area contributed by atoms with Crippen LogP contribution in [0, 0.1) is 0 Å². The van der Waals surface area contributed by atoms with E-state index in [1.165, 1.54) is 12.0 Å². The lowest BCUT2D eigenvalue weighted by atomic mass is 9.97. The Balaban J connectivity index is 0.000000980. The first-order chi connectivity index (χ1) is 6.18. The molecule has 1 aliphatic rings. The number of nitrogen functional groups attached to an aromatic ring is 1. The Morgan fingerprint density at radius 3 is 2.50 bits per heavy atom. The molecule has 1 saturated heterocycles. The molecule has 1 fully saturated rings. The summed E-state index contributed by atoms with van der Waals surface area (Å²) in [6, 6.07) is 4.49. The summed E-state index contributed by atoms with van der Waals surface area (Å²) in [5.41, 5.74) is 7.99. The lowest BCUT2D eigenvalue weighted by Crippen LogP contribution is -2.35. The Labute approximate surface area is 106 Å². The SMILES string of the molecule is Cl.Nc1c(Br)cc(Br)cc1[C@H]1CCN1. The average Bonchev–Trinajstić information content (AvgIpc) is 1.95. The third kappa shape index (κ3) is 2.24. The molecule has 3 N–H and O–H groups in total. The van der Waals surface area contributed by atoms with Crippen molar-refractivity contribution in [3.63, 3.8) is 0 Å². The Hall–Kier alpha value is 0.230. The Bertz CT molecular complexity index is 340. The second kappa shape index (κ2) is 4.84. The van der Waals surface area contributed by atoms with Crippen LogP contribution in [0.4, 0.5) is 5.69 Å². The number of rotatable bonds is 1. The molecule has 0 bridgehead atoms. The Morgan fingerprint density at radius 2 is 2.00 bits per heavy atom. The monoisotopic (exact) mass is 340 g/mol. The van der Waals surface area contributed by atoms with Gasteiger partial charge in [-0.3, -0.25) is 0 Å². The van der Waals surface area contributed by atoms with Gasteiger partial charge in [0.15, 0.2) is 0 Å². The number of hydrogen-bond donors (Lipinski definition) is 2. The van der Waals surface area contributed by atoms with Gasteiger partial charge in [-0.1, -0.05) is 15.9 Å². The summed E-state index contributed by atoms with van der Waals surface area (Å²) in [6.07, 6.45) is 1.17. The highest BCUT2D eigenvalue weighted by molar-refractivity contribution is 9.11. The molecule has 0 saturated carbocycles. The standard InChI is InChI=1S/C9H10Br2N2.ClH/c10-5-3-6(8-1-2-13-8)9(12)7(11)4-5;/h3-4,8,13H,1-2,12H2;1H/t8-;/m1./s1. The van der Waals surface area contributed by atoms with E-state index >= 15 is 0 Å². The van der Waals surface area contributed by atoms with Crippen LogP contribution in [0.1, 0.15) is 18.0 Å². The zero-order valence-corrected chi connectivity index (χ0v) is 11.4. The normalized spacial score (nSPS) is 19.7. The van der Waals surface area contributed by atoms with Crippen LogP contribution in [0.15, 0.2) is 21.1 Å². The van der Waals surface area contributed by atoms with Crippen LogP contribution in [-0.4, -0.2) is 6.54 Å². The molecule has 0 spiro atoms. The van der Waals surface area contributed by atoms with Gasteiger partial charge in [0, 0.05) is 15.0 Å². The molecule has 2 rings (SSSR count). The van der Waals surface area contributed by atoms with Gasteiger partial charge in [0.05, 0.1) is 5.69 Å². The summed E-state index contributed by atoms with van der Waals surface area (Å²) < 4.78 is 2.03. The summed E-state index contributed by atoms with van der Waals surface area (Å²) in [5.74, 6) is 0. The minimum absolute atomic E-state index is 0. The smallest absolute Gasteiger partial charge is 0.0507 e. The molecule has 1 atom stereocenters. The Kier molecular flexibility index (Phi) is 4.25. The number of halogens is 3. The zero-order valence-electron chi connectivity index (χ0n) is 7.39. The molecular weight excluding hydrogens is 331 g/mol. The summed E-state index contributed by atoms with van der Waals surface area (Å²) in [5, 5.41) is 3.34. The van der Waals surface area contributed by atoms with E-state index in [0.717, 1.165) is 21.2 Å². The first kappa shape index (κ1) is 12.3. The highest BCUT2D eigenvalue weighted by atomic mass is 79.9. The predicted molar refractivity (Wildman–Crippen MR) is 68.9 cm³/mol. The molecule has 78 valence electrons. The molecule has 1 aromatic rings. The molecule has 1 heterocycles. The van der Waals surface area contributed by atoms with Crippen LogP contribution in [0.25, 0.3) is 0 Å². The van der Waals surface area contributed by atoms with Gasteiger partial charge in [0.25, 0.3) is 0 Å². The van der Waals surface area contributed by atoms with E-state index in [1.54, 1.807) is 0 Å². The minimum Gasteiger partial charge on any atom is -0.398 e.